The smallest absolute Gasteiger partial charge is 0.321 e. The fraction of sp³-hybridized carbons (Fsp3) is 0.263. The molecule has 0 radical (unpaired) electrons. The van der Waals surface area contributed by atoms with Crippen LogP contribution in [0.25, 0.3) is 11.4 Å². The van der Waals surface area contributed by atoms with Crippen LogP contribution in [-0.2, 0) is 24.3 Å². The second kappa shape index (κ2) is 6.68. The first-order valence-electron chi connectivity index (χ1n) is 8.46. The zero-order valence-corrected chi connectivity index (χ0v) is 14.4. The minimum absolute atomic E-state index is 0.399. The zero-order valence-electron chi connectivity index (χ0n) is 14.4. The van der Waals surface area contributed by atoms with Gasteiger partial charge in [-0.1, -0.05) is 24.3 Å². The molecule has 26 heavy (non-hydrogen) atoms. The second-order valence-corrected chi connectivity index (χ2v) is 6.52. The number of nitrogens with zero attached hydrogens (tertiary/aromatic N) is 4. The Hall–Kier alpha value is -3.06. The molecule has 0 amide bonds. The van der Waals surface area contributed by atoms with E-state index in [0.717, 1.165) is 28.1 Å². The number of hydrogen-bond acceptors (Lipinski definition) is 5. The van der Waals surface area contributed by atoms with Gasteiger partial charge in [0.1, 0.15) is 6.04 Å². The van der Waals surface area contributed by atoms with E-state index in [1.165, 1.54) is 0 Å². The molecule has 4 rings (SSSR count). The number of aryl methyl sites for hydroxylation is 1. The van der Waals surface area contributed by atoms with Gasteiger partial charge in [-0.2, -0.15) is 0 Å². The SMILES string of the molecule is Cc1ccccc1-c1ncc(CN2Cc3[nH]cnc3CC2C(=O)O)cn1. The summed E-state index contributed by atoms with van der Waals surface area (Å²) in [7, 11) is 0. The van der Waals surface area contributed by atoms with E-state index in [-0.39, 0.29) is 0 Å². The van der Waals surface area contributed by atoms with Gasteiger partial charge in [-0.25, -0.2) is 15.0 Å². The highest BCUT2D eigenvalue weighted by molar-refractivity contribution is 5.74. The standard InChI is InChI=1S/C19H19N5O2/c1-12-4-2-3-5-14(12)18-20-7-13(8-21-18)9-24-10-16-15(22-11-23-16)6-17(24)19(25)26/h2-5,7-8,11,17H,6,9-10H2,1H3,(H,22,23)(H,25,26). The van der Waals surface area contributed by atoms with Gasteiger partial charge in [0.25, 0.3) is 0 Å². The quantitative estimate of drug-likeness (QED) is 0.750. The Bertz CT molecular complexity index is 935. The summed E-state index contributed by atoms with van der Waals surface area (Å²) in [5.74, 6) is -0.160. The lowest BCUT2D eigenvalue weighted by molar-refractivity contribution is -0.144. The van der Waals surface area contributed by atoms with E-state index in [1.807, 2.05) is 36.1 Å². The van der Waals surface area contributed by atoms with Crippen LogP contribution in [0.5, 0.6) is 0 Å². The number of rotatable bonds is 4. The third kappa shape index (κ3) is 3.09. The van der Waals surface area contributed by atoms with Crippen LogP contribution in [0.15, 0.2) is 43.0 Å². The van der Waals surface area contributed by atoms with Crippen LogP contribution < -0.4 is 0 Å². The van der Waals surface area contributed by atoms with Crippen molar-refractivity contribution < 1.29 is 9.90 Å². The number of carboxylic acid groups (broad SMARTS) is 1. The third-order valence-corrected chi connectivity index (χ3v) is 4.76. The molecule has 1 aliphatic rings. The topological polar surface area (TPSA) is 95.0 Å². The van der Waals surface area contributed by atoms with Crippen LogP contribution in [0.4, 0.5) is 0 Å². The molecular weight excluding hydrogens is 330 g/mol. The predicted octanol–water partition coefficient (Wildman–Crippen LogP) is 2.19. The molecule has 1 aromatic carbocycles. The monoisotopic (exact) mass is 349 g/mol. The number of benzene rings is 1. The fourth-order valence-electron chi connectivity index (χ4n) is 3.33. The van der Waals surface area contributed by atoms with Crippen LogP contribution in [0.2, 0.25) is 0 Å². The summed E-state index contributed by atoms with van der Waals surface area (Å²) in [5, 5.41) is 9.56. The molecule has 7 nitrogen and oxygen atoms in total. The third-order valence-electron chi connectivity index (χ3n) is 4.76. The first-order chi connectivity index (χ1) is 12.6. The number of aromatic nitrogens is 4. The Morgan fingerprint density at radius 1 is 1.27 bits per heavy atom. The van der Waals surface area contributed by atoms with Gasteiger partial charge in [0, 0.05) is 43.0 Å². The number of carbonyl (C=O) groups is 1. The maximum absolute atomic E-state index is 11.7. The van der Waals surface area contributed by atoms with Gasteiger partial charge in [-0.3, -0.25) is 9.69 Å². The van der Waals surface area contributed by atoms with Crippen molar-refractivity contribution in [3.63, 3.8) is 0 Å². The van der Waals surface area contributed by atoms with Gasteiger partial charge < -0.3 is 10.1 Å². The van der Waals surface area contributed by atoms with Crippen molar-refractivity contribution in [2.75, 3.05) is 0 Å². The minimum Gasteiger partial charge on any atom is -0.480 e. The maximum Gasteiger partial charge on any atom is 0.321 e. The number of fused-ring (bicyclic) bond motifs is 1. The van der Waals surface area contributed by atoms with Crippen molar-refractivity contribution >= 4 is 5.97 Å². The highest BCUT2D eigenvalue weighted by Gasteiger charge is 2.32. The van der Waals surface area contributed by atoms with Gasteiger partial charge in [0.2, 0.25) is 0 Å². The minimum atomic E-state index is -0.837. The molecule has 3 aromatic rings. The summed E-state index contributed by atoms with van der Waals surface area (Å²) in [6.45, 7) is 3.02. The summed E-state index contributed by atoms with van der Waals surface area (Å²) in [5.41, 5.74) is 4.81. The van der Waals surface area contributed by atoms with Crippen LogP contribution in [0.3, 0.4) is 0 Å². The Morgan fingerprint density at radius 2 is 2.04 bits per heavy atom. The molecule has 0 fully saturated rings. The molecule has 1 aliphatic heterocycles. The molecular formula is C19H19N5O2. The lowest BCUT2D eigenvalue weighted by atomic mass is 10.0. The van der Waals surface area contributed by atoms with Gasteiger partial charge in [0.15, 0.2) is 5.82 Å². The summed E-state index contributed by atoms with van der Waals surface area (Å²) in [4.78, 5) is 29.8. The van der Waals surface area contributed by atoms with Crippen LogP contribution in [0, 0.1) is 6.92 Å². The lowest BCUT2D eigenvalue weighted by Crippen LogP contribution is -2.45. The second-order valence-electron chi connectivity index (χ2n) is 6.52. The Kier molecular flexibility index (Phi) is 4.22. The number of nitrogens with one attached hydrogen (secondary N) is 1. The average molecular weight is 349 g/mol. The summed E-state index contributed by atoms with van der Waals surface area (Å²) in [6, 6.07) is 7.38. The van der Waals surface area contributed by atoms with E-state index in [4.69, 9.17) is 0 Å². The normalized spacial score (nSPS) is 17.0. The predicted molar refractivity (Wildman–Crippen MR) is 95.2 cm³/mol. The van der Waals surface area contributed by atoms with E-state index < -0.39 is 12.0 Å². The van der Waals surface area contributed by atoms with Gasteiger partial charge in [0.05, 0.1) is 17.7 Å². The largest absolute Gasteiger partial charge is 0.480 e. The zero-order chi connectivity index (χ0) is 18.1. The number of H-pyrrole nitrogens is 1. The van der Waals surface area contributed by atoms with Crippen LogP contribution in [0.1, 0.15) is 22.5 Å². The molecule has 2 N–H and O–H groups in total. The van der Waals surface area contributed by atoms with Crippen molar-refractivity contribution in [2.24, 2.45) is 0 Å². The first-order valence-corrected chi connectivity index (χ1v) is 8.46. The number of hydrogen-bond donors (Lipinski definition) is 2. The summed E-state index contributed by atoms with van der Waals surface area (Å²) >= 11 is 0. The molecule has 2 aromatic heterocycles. The number of aliphatic carboxylic acids is 1. The number of carboxylic acids is 1. The first kappa shape index (κ1) is 16.4. The van der Waals surface area contributed by atoms with Crippen molar-refractivity contribution in [2.45, 2.75) is 32.5 Å². The van der Waals surface area contributed by atoms with Crippen LogP contribution >= 0.6 is 0 Å². The van der Waals surface area contributed by atoms with Crippen molar-refractivity contribution in [1.29, 1.82) is 0 Å². The van der Waals surface area contributed by atoms with E-state index in [1.54, 1.807) is 18.7 Å². The Labute approximate surface area is 150 Å². The van der Waals surface area contributed by atoms with Crippen molar-refractivity contribution in [1.82, 2.24) is 24.8 Å². The maximum atomic E-state index is 11.7. The van der Waals surface area contributed by atoms with Crippen molar-refractivity contribution in [3.8, 4) is 11.4 Å². The van der Waals surface area contributed by atoms with E-state index in [0.29, 0.717) is 25.3 Å². The number of aromatic amines is 1. The van der Waals surface area contributed by atoms with Gasteiger partial charge in [-0.05, 0) is 12.5 Å². The van der Waals surface area contributed by atoms with Gasteiger partial charge in [-0.15, -0.1) is 0 Å². The van der Waals surface area contributed by atoms with Crippen LogP contribution in [-0.4, -0.2) is 42.0 Å². The lowest BCUT2D eigenvalue weighted by Gasteiger charge is -2.32. The molecule has 3 heterocycles. The highest BCUT2D eigenvalue weighted by atomic mass is 16.4. The summed E-state index contributed by atoms with van der Waals surface area (Å²) in [6.07, 6.45) is 5.57. The molecule has 0 saturated heterocycles. The van der Waals surface area contributed by atoms with E-state index in [9.17, 15) is 9.90 Å². The summed E-state index contributed by atoms with van der Waals surface area (Å²) < 4.78 is 0. The highest BCUT2D eigenvalue weighted by Crippen LogP contribution is 2.23. The Morgan fingerprint density at radius 3 is 2.77 bits per heavy atom. The molecule has 0 saturated carbocycles. The fourth-order valence-corrected chi connectivity index (χ4v) is 3.33. The molecule has 0 aliphatic carbocycles. The average Bonchev–Trinajstić information content (AvgIpc) is 3.09. The molecule has 1 unspecified atom stereocenters. The van der Waals surface area contributed by atoms with Crippen molar-refractivity contribution in [3.05, 3.63) is 65.5 Å². The molecule has 0 bridgehead atoms. The van der Waals surface area contributed by atoms with E-state index >= 15 is 0 Å². The van der Waals surface area contributed by atoms with E-state index in [2.05, 4.69) is 19.9 Å². The molecule has 0 spiro atoms. The molecule has 7 heteroatoms. The molecule has 132 valence electrons. The molecule has 1 atom stereocenters. The Balaban J connectivity index is 1.55. The van der Waals surface area contributed by atoms with Gasteiger partial charge >= 0.3 is 5.97 Å². The number of imidazole rings is 1.